The largest absolute Gasteiger partial charge is 0.360 e. The molecule has 32 heavy (non-hydrogen) atoms. The van der Waals surface area contributed by atoms with Gasteiger partial charge in [0, 0.05) is 18.4 Å². The molecule has 10 heteroatoms. The number of ketones is 1. The highest BCUT2D eigenvalue weighted by atomic mass is 16.2. The Morgan fingerprint density at radius 2 is 1.94 bits per heavy atom. The highest BCUT2D eigenvalue weighted by molar-refractivity contribution is 6.40. The van der Waals surface area contributed by atoms with E-state index >= 15 is 0 Å². The molecule has 0 aromatic carbocycles. The van der Waals surface area contributed by atoms with Crippen LogP contribution in [0.15, 0.2) is 17.2 Å². The number of Topliss-reactive ketones (excluding diaryl/α,β-unsaturated/α-hetero) is 1. The van der Waals surface area contributed by atoms with Gasteiger partial charge in [-0.2, -0.15) is 0 Å². The minimum absolute atomic E-state index is 0.00636. The Labute approximate surface area is 188 Å². The van der Waals surface area contributed by atoms with Gasteiger partial charge in [-0.05, 0) is 33.2 Å². The lowest BCUT2D eigenvalue weighted by atomic mass is 9.94. The molecule has 1 aliphatic carbocycles. The fourth-order valence-electron chi connectivity index (χ4n) is 3.89. The topological polar surface area (TPSA) is 144 Å². The summed E-state index contributed by atoms with van der Waals surface area (Å²) in [6.07, 6.45) is 9.06. The predicted octanol–water partition coefficient (Wildman–Crippen LogP) is 1.62. The van der Waals surface area contributed by atoms with E-state index in [2.05, 4.69) is 20.5 Å². The lowest BCUT2D eigenvalue weighted by Gasteiger charge is -2.30. The van der Waals surface area contributed by atoms with Crippen LogP contribution in [-0.2, 0) is 9.59 Å². The molecule has 0 saturated heterocycles. The van der Waals surface area contributed by atoms with Crippen LogP contribution in [0, 0.1) is 10.8 Å². The normalized spacial score (nSPS) is 15.2. The summed E-state index contributed by atoms with van der Waals surface area (Å²) in [5, 5.41) is 20.6. The van der Waals surface area contributed by atoms with Crippen molar-refractivity contribution in [2.75, 3.05) is 32.0 Å². The van der Waals surface area contributed by atoms with Crippen LogP contribution in [0.3, 0.4) is 0 Å². The maximum absolute atomic E-state index is 12.8. The molecule has 0 bridgehead atoms. The number of hydrogen-bond donors (Lipinski definition) is 4. The van der Waals surface area contributed by atoms with E-state index in [1.54, 1.807) is 6.92 Å². The minimum Gasteiger partial charge on any atom is -0.360 e. The molecular weight excluding hydrogens is 410 g/mol. The molecule has 176 valence electrons. The zero-order valence-electron chi connectivity index (χ0n) is 19.2. The Morgan fingerprint density at radius 3 is 2.56 bits per heavy atom. The van der Waals surface area contributed by atoms with Gasteiger partial charge in [0.25, 0.3) is 5.56 Å². The van der Waals surface area contributed by atoms with Gasteiger partial charge in [-0.25, -0.2) is 4.98 Å². The zero-order chi connectivity index (χ0) is 23.7. The molecule has 1 saturated carbocycles. The second kappa shape index (κ2) is 12.2. The zero-order valence-corrected chi connectivity index (χ0v) is 19.2. The summed E-state index contributed by atoms with van der Waals surface area (Å²) in [6, 6.07) is -0.357. The third-order valence-corrected chi connectivity index (χ3v) is 5.86. The molecule has 1 amide bonds. The molecular formula is C22H35N7O3. The van der Waals surface area contributed by atoms with Crippen molar-refractivity contribution in [2.45, 2.75) is 64.5 Å². The van der Waals surface area contributed by atoms with E-state index in [1.165, 1.54) is 43.1 Å². The third-order valence-electron chi connectivity index (χ3n) is 5.86. The number of rotatable bonds is 12. The van der Waals surface area contributed by atoms with Gasteiger partial charge in [0.1, 0.15) is 6.04 Å². The van der Waals surface area contributed by atoms with Crippen molar-refractivity contribution in [1.82, 2.24) is 19.8 Å². The molecule has 1 aromatic rings. The summed E-state index contributed by atoms with van der Waals surface area (Å²) < 4.78 is 1.28. The second-order valence-corrected chi connectivity index (χ2v) is 8.33. The van der Waals surface area contributed by atoms with Crippen molar-refractivity contribution >= 4 is 28.9 Å². The van der Waals surface area contributed by atoms with Crippen LogP contribution >= 0.6 is 0 Å². The monoisotopic (exact) mass is 445 g/mol. The molecule has 1 unspecified atom stereocenters. The Kier molecular flexibility index (Phi) is 9.70. The number of amides is 1. The fraction of sp³-hybridized carbons (Fsp3) is 0.636. The van der Waals surface area contributed by atoms with E-state index in [1.807, 2.05) is 7.05 Å². The number of likely N-dealkylation sites (N-methyl/N-ethyl adjacent to an activating group) is 1. The first kappa shape index (κ1) is 25.4. The SMILES string of the molecule is CCC(C(=O)NCC(=O)CN(C)C1CCCCC1)n1ccnc(NCC(=N)C(C)=N)c1=O. The molecule has 1 heterocycles. The lowest BCUT2D eigenvalue weighted by molar-refractivity contribution is -0.128. The molecule has 0 radical (unpaired) electrons. The van der Waals surface area contributed by atoms with E-state index in [9.17, 15) is 14.4 Å². The van der Waals surface area contributed by atoms with Gasteiger partial charge >= 0.3 is 0 Å². The molecule has 1 atom stereocenters. The summed E-state index contributed by atoms with van der Waals surface area (Å²) in [7, 11) is 1.95. The van der Waals surface area contributed by atoms with Crippen LogP contribution < -0.4 is 16.2 Å². The standard InChI is InChI=1S/C22H35N7O3/c1-4-19(29-11-10-25-20(22(29)32)26-13-18(24)15(2)23)21(31)27-12-17(30)14-28(3)16-8-6-5-7-9-16/h10-11,16,19,23-24H,4-9,12-14H2,1-3H3,(H,25,26)(H,27,31). The number of aromatic nitrogens is 2. The van der Waals surface area contributed by atoms with Crippen LogP contribution in [-0.4, -0.2) is 70.3 Å². The third kappa shape index (κ3) is 7.08. The molecule has 0 spiro atoms. The minimum atomic E-state index is -0.779. The van der Waals surface area contributed by atoms with Gasteiger partial charge in [-0.3, -0.25) is 23.9 Å². The first-order valence-corrected chi connectivity index (χ1v) is 11.2. The average Bonchev–Trinajstić information content (AvgIpc) is 2.78. The van der Waals surface area contributed by atoms with Gasteiger partial charge < -0.3 is 21.5 Å². The Balaban J connectivity index is 1.96. The van der Waals surface area contributed by atoms with Crippen LogP contribution in [0.4, 0.5) is 5.82 Å². The number of carbonyl (C=O) groups is 2. The predicted molar refractivity (Wildman–Crippen MR) is 125 cm³/mol. The van der Waals surface area contributed by atoms with Crippen molar-refractivity contribution in [1.29, 1.82) is 10.8 Å². The first-order chi connectivity index (χ1) is 15.2. The summed E-state index contributed by atoms with van der Waals surface area (Å²) in [5.41, 5.74) is -0.352. The van der Waals surface area contributed by atoms with Crippen LogP contribution in [0.2, 0.25) is 0 Å². The summed E-state index contributed by atoms with van der Waals surface area (Å²) in [5.74, 6) is -0.454. The smallest absolute Gasteiger partial charge is 0.294 e. The van der Waals surface area contributed by atoms with E-state index < -0.39 is 17.5 Å². The van der Waals surface area contributed by atoms with Crippen molar-refractivity contribution in [3.05, 3.63) is 22.7 Å². The number of carbonyl (C=O) groups excluding carboxylic acids is 2. The quantitative estimate of drug-likeness (QED) is 0.360. The number of hydrogen-bond acceptors (Lipinski definition) is 8. The molecule has 0 aliphatic heterocycles. The molecule has 1 aromatic heterocycles. The Hall–Kier alpha value is -2.88. The molecule has 1 fully saturated rings. The maximum Gasteiger partial charge on any atom is 0.294 e. The van der Waals surface area contributed by atoms with E-state index in [0.717, 1.165) is 12.8 Å². The van der Waals surface area contributed by atoms with E-state index in [4.69, 9.17) is 10.8 Å². The molecule has 1 aliphatic rings. The number of nitrogens with one attached hydrogen (secondary N) is 4. The van der Waals surface area contributed by atoms with Crippen LogP contribution in [0.25, 0.3) is 0 Å². The molecule has 2 rings (SSSR count). The Bertz CT molecular complexity index is 890. The van der Waals surface area contributed by atoms with Gasteiger partial charge in [0.2, 0.25) is 5.91 Å². The van der Waals surface area contributed by atoms with Crippen molar-refractivity contribution in [3.63, 3.8) is 0 Å². The Morgan fingerprint density at radius 1 is 1.25 bits per heavy atom. The lowest BCUT2D eigenvalue weighted by Crippen LogP contribution is -2.43. The molecule has 10 nitrogen and oxygen atoms in total. The van der Waals surface area contributed by atoms with Crippen molar-refractivity contribution in [2.24, 2.45) is 0 Å². The van der Waals surface area contributed by atoms with Crippen LogP contribution in [0.5, 0.6) is 0 Å². The maximum atomic E-state index is 12.8. The highest BCUT2D eigenvalue weighted by Crippen LogP contribution is 2.21. The van der Waals surface area contributed by atoms with Gasteiger partial charge in [-0.15, -0.1) is 0 Å². The van der Waals surface area contributed by atoms with Crippen LogP contribution in [0.1, 0.15) is 58.4 Å². The van der Waals surface area contributed by atoms with Gasteiger partial charge in [0.05, 0.1) is 31.1 Å². The first-order valence-electron chi connectivity index (χ1n) is 11.2. The fourth-order valence-corrected chi connectivity index (χ4v) is 3.89. The summed E-state index contributed by atoms with van der Waals surface area (Å²) >= 11 is 0. The summed E-state index contributed by atoms with van der Waals surface area (Å²) in [6.45, 7) is 3.49. The second-order valence-electron chi connectivity index (χ2n) is 8.33. The number of nitrogens with zero attached hydrogens (tertiary/aromatic N) is 3. The van der Waals surface area contributed by atoms with Crippen molar-refractivity contribution < 1.29 is 9.59 Å². The van der Waals surface area contributed by atoms with Crippen molar-refractivity contribution in [3.8, 4) is 0 Å². The number of anilines is 1. The average molecular weight is 446 g/mol. The molecule has 4 N–H and O–H groups in total. The van der Waals surface area contributed by atoms with Gasteiger partial charge in [0.15, 0.2) is 11.6 Å². The van der Waals surface area contributed by atoms with Gasteiger partial charge in [-0.1, -0.05) is 26.2 Å². The highest BCUT2D eigenvalue weighted by Gasteiger charge is 2.23. The van der Waals surface area contributed by atoms with E-state index in [0.29, 0.717) is 19.0 Å². The summed E-state index contributed by atoms with van der Waals surface area (Å²) in [4.78, 5) is 44.0. The van der Waals surface area contributed by atoms with E-state index in [-0.39, 0.29) is 36.1 Å².